The van der Waals surface area contributed by atoms with Crippen LogP contribution < -0.4 is 0 Å². The number of hydrogen-bond acceptors (Lipinski definition) is 4. The molecule has 3 nitrogen and oxygen atoms in total. The summed E-state index contributed by atoms with van der Waals surface area (Å²) in [5.74, 6) is 0.844. The van der Waals surface area contributed by atoms with E-state index < -0.39 is 5.97 Å². The Kier molecular flexibility index (Phi) is 5.70. The minimum absolute atomic E-state index is 0.329. The molecule has 0 spiro atoms. The van der Waals surface area contributed by atoms with E-state index in [1.165, 1.54) is 16.7 Å². The summed E-state index contributed by atoms with van der Waals surface area (Å²) in [7, 11) is 0. The first-order valence-electron chi connectivity index (χ1n) is 6.60. The van der Waals surface area contributed by atoms with Crippen LogP contribution >= 0.6 is 23.5 Å². The second-order valence-corrected chi connectivity index (χ2v) is 6.83. The van der Waals surface area contributed by atoms with Gasteiger partial charge in [0.15, 0.2) is 0 Å². The minimum atomic E-state index is -0.904. The van der Waals surface area contributed by atoms with E-state index >= 15 is 0 Å². The molecular weight excluding hydrogens is 302 g/mol. The number of benzene rings is 1. The van der Waals surface area contributed by atoms with Crippen LogP contribution in [0.25, 0.3) is 0 Å². The number of aryl methyl sites for hydroxylation is 2. The molecule has 1 aromatic heterocycles. The first kappa shape index (κ1) is 15.9. The largest absolute Gasteiger partial charge is 0.478 e. The second kappa shape index (κ2) is 7.52. The molecular formula is C16H17NO2S2. The van der Waals surface area contributed by atoms with E-state index in [0.717, 1.165) is 22.8 Å². The molecule has 110 valence electrons. The van der Waals surface area contributed by atoms with Crippen molar-refractivity contribution in [2.24, 2.45) is 0 Å². The molecule has 0 saturated heterocycles. The van der Waals surface area contributed by atoms with E-state index in [9.17, 15) is 9.90 Å². The van der Waals surface area contributed by atoms with Crippen molar-refractivity contribution in [1.29, 1.82) is 0 Å². The molecule has 0 aliphatic heterocycles. The van der Waals surface area contributed by atoms with Gasteiger partial charge in [0.25, 0.3) is 0 Å². The van der Waals surface area contributed by atoms with Crippen LogP contribution in [0, 0.1) is 13.8 Å². The Balaban J connectivity index is 1.98. The Morgan fingerprint density at radius 3 is 2.48 bits per heavy atom. The zero-order valence-corrected chi connectivity index (χ0v) is 13.6. The van der Waals surface area contributed by atoms with E-state index in [1.807, 2.05) is 38.1 Å². The topological polar surface area (TPSA) is 50.2 Å². The third-order valence-corrected chi connectivity index (χ3v) is 5.11. The molecule has 1 heterocycles. The van der Waals surface area contributed by atoms with Crippen molar-refractivity contribution in [3.8, 4) is 0 Å². The van der Waals surface area contributed by atoms with Crippen LogP contribution in [0.5, 0.6) is 0 Å². The van der Waals surface area contributed by atoms with Crippen LogP contribution in [0.15, 0.2) is 46.3 Å². The number of carboxylic acid groups (broad SMARTS) is 1. The summed E-state index contributed by atoms with van der Waals surface area (Å²) in [4.78, 5) is 16.9. The fourth-order valence-electron chi connectivity index (χ4n) is 1.98. The van der Waals surface area contributed by atoms with Crippen LogP contribution in [0.2, 0.25) is 0 Å². The maximum absolute atomic E-state index is 11.3. The summed E-state index contributed by atoms with van der Waals surface area (Å²) in [6.07, 6.45) is 0. The Labute approximate surface area is 133 Å². The van der Waals surface area contributed by atoms with Crippen molar-refractivity contribution in [1.82, 2.24) is 4.98 Å². The van der Waals surface area contributed by atoms with E-state index in [-0.39, 0.29) is 0 Å². The summed E-state index contributed by atoms with van der Waals surface area (Å²) in [5.41, 5.74) is 1.96. The van der Waals surface area contributed by atoms with E-state index in [2.05, 4.69) is 17.1 Å². The molecule has 0 fully saturated rings. The highest BCUT2D eigenvalue weighted by Gasteiger charge is 2.15. The molecule has 0 bridgehead atoms. The zero-order chi connectivity index (χ0) is 15.2. The van der Waals surface area contributed by atoms with E-state index in [4.69, 9.17) is 0 Å². The average molecular weight is 319 g/mol. The van der Waals surface area contributed by atoms with Gasteiger partial charge in [0.1, 0.15) is 5.03 Å². The number of thioether (sulfide) groups is 2. The number of nitrogens with zero attached hydrogens (tertiary/aromatic N) is 1. The molecule has 0 aliphatic carbocycles. The smallest absolute Gasteiger partial charge is 0.338 e. The van der Waals surface area contributed by atoms with Gasteiger partial charge in [-0.05, 0) is 37.6 Å². The van der Waals surface area contributed by atoms with Crippen molar-refractivity contribution in [3.05, 3.63) is 53.2 Å². The van der Waals surface area contributed by atoms with Crippen molar-refractivity contribution >= 4 is 29.5 Å². The van der Waals surface area contributed by atoms with Crippen molar-refractivity contribution in [2.45, 2.75) is 23.8 Å². The summed E-state index contributed by atoms with van der Waals surface area (Å²) in [6, 6.07) is 12.0. The molecule has 0 atom stereocenters. The average Bonchev–Trinajstić information content (AvgIpc) is 2.43. The first-order valence-corrected chi connectivity index (χ1v) is 8.57. The van der Waals surface area contributed by atoms with Crippen molar-refractivity contribution < 1.29 is 9.90 Å². The quantitative estimate of drug-likeness (QED) is 0.636. The summed E-state index contributed by atoms with van der Waals surface area (Å²) in [5, 5.41) is 9.93. The van der Waals surface area contributed by atoms with Crippen LogP contribution in [-0.2, 0) is 0 Å². The highest BCUT2D eigenvalue weighted by atomic mass is 32.2. The van der Waals surface area contributed by atoms with Gasteiger partial charge in [-0.25, -0.2) is 9.78 Å². The lowest BCUT2D eigenvalue weighted by Crippen LogP contribution is -2.06. The lowest BCUT2D eigenvalue weighted by Gasteiger charge is -2.09. The third-order valence-electron chi connectivity index (χ3n) is 2.86. The van der Waals surface area contributed by atoms with Gasteiger partial charge in [0, 0.05) is 22.1 Å². The van der Waals surface area contributed by atoms with Gasteiger partial charge in [0.2, 0.25) is 0 Å². The number of aromatic carboxylic acids is 1. The second-order valence-electron chi connectivity index (χ2n) is 4.58. The van der Waals surface area contributed by atoms with Gasteiger partial charge in [-0.1, -0.05) is 18.2 Å². The van der Waals surface area contributed by atoms with Crippen molar-refractivity contribution in [3.63, 3.8) is 0 Å². The van der Waals surface area contributed by atoms with Gasteiger partial charge in [-0.3, -0.25) is 0 Å². The standard InChI is InChI=1S/C16H17NO2S2/c1-11-10-12(2)17-15(14(11)16(18)19)21-9-8-20-13-6-4-3-5-7-13/h3-7,10H,8-9H2,1-2H3,(H,18,19). The Morgan fingerprint density at radius 1 is 1.14 bits per heavy atom. The third kappa shape index (κ3) is 4.51. The molecule has 0 saturated carbocycles. The fraction of sp³-hybridized carbons (Fsp3) is 0.250. The van der Waals surface area contributed by atoms with Gasteiger partial charge >= 0.3 is 5.97 Å². The normalized spacial score (nSPS) is 10.6. The highest BCUT2D eigenvalue weighted by molar-refractivity contribution is 8.03. The molecule has 1 aromatic carbocycles. The minimum Gasteiger partial charge on any atom is -0.478 e. The van der Waals surface area contributed by atoms with Crippen LogP contribution in [0.4, 0.5) is 0 Å². The van der Waals surface area contributed by atoms with Crippen molar-refractivity contribution in [2.75, 3.05) is 11.5 Å². The molecule has 0 amide bonds. The molecule has 0 aliphatic rings. The zero-order valence-electron chi connectivity index (χ0n) is 12.0. The predicted molar refractivity (Wildman–Crippen MR) is 88.6 cm³/mol. The predicted octanol–water partition coefficient (Wildman–Crippen LogP) is 4.28. The lowest BCUT2D eigenvalue weighted by atomic mass is 10.1. The lowest BCUT2D eigenvalue weighted by molar-refractivity contribution is 0.0691. The SMILES string of the molecule is Cc1cc(C)c(C(=O)O)c(SCCSc2ccccc2)n1. The van der Waals surface area contributed by atoms with Crippen LogP contribution in [0.3, 0.4) is 0 Å². The number of hydrogen-bond donors (Lipinski definition) is 1. The summed E-state index contributed by atoms with van der Waals surface area (Å²) < 4.78 is 0. The summed E-state index contributed by atoms with van der Waals surface area (Å²) >= 11 is 3.28. The molecule has 0 radical (unpaired) electrons. The van der Waals surface area contributed by atoms with Gasteiger partial charge in [0.05, 0.1) is 5.56 Å². The first-order chi connectivity index (χ1) is 10.1. The van der Waals surface area contributed by atoms with Crippen LogP contribution in [0.1, 0.15) is 21.6 Å². The maximum Gasteiger partial charge on any atom is 0.338 e. The Bertz CT molecular complexity index is 630. The number of aromatic nitrogens is 1. The number of carbonyl (C=O) groups is 1. The molecule has 2 aromatic rings. The molecule has 5 heteroatoms. The summed E-state index contributed by atoms with van der Waals surface area (Å²) in [6.45, 7) is 3.71. The van der Waals surface area contributed by atoms with Gasteiger partial charge < -0.3 is 5.11 Å². The monoisotopic (exact) mass is 319 g/mol. The maximum atomic E-state index is 11.3. The number of rotatable bonds is 6. The fourth-order valence-corrected chi connectivity index (χ4v) is 4.03. The molecule has 1 N–H and O–H groups in total. The molecule has 2 rings (SSSR count). The van der Waals surface area contributed by atoms with Crippen LogP contribution in [-0.4, -0.2) is 27.6 Å². The molecule has 21 heavy (non-hydrogen) atoms. The van der Waals surface area contributed by atoms with E-state index in [0.29, 0.717) is 10.6 Å². The van der Waals surface area contributed by atoms with Gasteiger partial charge in [-0.2, -0.15) is 0 Å². The van der Waals surface area contributed by atoms with Gasteiger partial charge in [-0.15, -0.1) is 23.5 Å². The van der Waals surface area contributed by atoms with E-state index in [1.54, 1.807) is 11.8 Å². The number of carboxylic acids is 1. The highest BCUT2D eigenvalue weighted by Crippen LogP contribution is 2.26. The Hall–Kier alpha value is -1.46. The Morgan fingerprint density at radius 2 is 1.81 bits per heavy atom. The molecule has 0 unspecified atom stereocenters. The number of pyridine rings is 1.